The van der Waals surface area contributed by atoms with Gasteiger partial charge >= 0.3 is 0 Å². The van der Waals surface area contributed by atoms with Crippen molar-refractivity contribution in [2.75, 3.05) is 14.7 Å². The summed E-state index contributed by atoms with van der Waals surface area (Å²) >= 11 is 0. The Balaban J connectivity index is 0.00000686. The van der Waals surface area contributed by atoms with Gasteiger partial charge in [-0.15, -0.1) is 48.8 Å². The van der Waals surface area contributed by atoms with Crippen LogP contribution in [-0.2, 0) is 26.5 Å². The van der Waals surface area contributed by atoms with Crippen LogP contribution in [0.5, 0.6) is 34.5 Å². The molecule has 0 saturated heterocycles. The fraction of sp³-hybridized carbons (Fsp3) is 0.0563. The number of imidazole rings is 2. The summed E-state index contributed by atoms with van der Waals surface area (Å²) in [6, 6.07) is 52.2. The molecule has 0 amide bonds. The molecule has 0 spiro atoms. The molecule has 7 heterocycles. The van der Waals surface area contributed by atoms with Crippen LogP contribution in [0.3, 0.4) is 0 Å². The Morgan fingerprint density at radius 1 is 0.578 bits per heavy atom. The minimum atomic E-state index is -0.576. The van der Waals surface area contributed by atoms with Crippen molar-refractivity contribution in [1.82, 2.24) is 18.9 Å². The van der Waals surface area contributed by atoms with Crippen molar-refractivity contribution >= 4 is 90.8 Å². The predicted molar refractivity (Wildman–Crippen MR) is 328 cm³/mol. The van der Waals surface area contributed by atoms with E-state index in [9.17, 15) is 0 Å². The minimum Gasteiger partial charge on any atom is -0.509 e. The molecule has 3 aromatic heterocycles. The van der Waals surface area contributed by atoms with E-state index in [2.05, 4.69) is 78.6 Å². The predicted octanol–water partition coefficient (Wildman–Crippen LogP) is 15.8. The van der Waals surface area contributed by atoms with Gasteiger partial charge in [0.2, 0.25) is 5.78 Å². The van der Waals surface area contributed by atoms with E-state index in [0.29, 0.717) is 45.7 Å². The Bertz CT molecular complexity index is 5230. The monoisotopic (exact) mass is 1260 g/mol. The maximum atomic E-state index is 9.12. The van der Waals surface area contributed by atoms with Gasteiger partial charge in [0.25, 0.3) is 6.71 Å². The summed E-state index contributed by atoms with van der Waals surface area (Å²) in [6.07, 6.45) is 1.82. The van der Waals surface area contributed by atoms with E-state index < -0.39 is 60.4 Å². The Hall–Kier alpha value is -9.83. The number of para-hydroxylation sites is 3. The van der Waals surface area contributed by atoms with E-state index >= 15 is 0 Å². The second-order valence-corrected chi connectivity index (χ2v) is 21.5. The van der Waals surface area contributed by atoms with Gasteiger partial charge in [-0.3, -0.25) is 4.57 Å². The van der Waals surface area contributed by atoms with Crippen LogP contribution >= 0.6 is 0 Å². The van der Waals surface area contributed by atoms with Gasteiger partial charge < -0.3 is 33.3 Å². The molecule has 0 atom stereocenters. The van der Waals surface area contributed by atoms with E-state index in [1.807, 2.05) is 113 Å². The van der Waals surface area contributed by atoms with Crippen LogP contribution in [0.1, 0.15) is 40.0 Å². The van der Waals surface area contributed by atoms with Gasteiger partial charge in [-0.2, -0.15) is 6.07 Å². The molecule has 0 fully saturated rings. The molecule has 0 radical (unpaired) electrons. The first-order valence-electron chi connectivity index (χ1n) is 31.8. The zero-order valence-electron chi connectivity index (χ0n) is 54.4. The average Bonchev–Trinajstić information content (AvgIpc) is 1.43. The van der Waals surface area contributed by atoms with Gasteiger partial charge in [0.15, 0.2) is 0 Å². The quantitative estimate of drug-likeness (QED) is 0.110. The Kier molecular flexibility index (Phi) is 8.87. The Morgan fingerprint density at radius 3 is 1.84 bits per heavy atom. The first-order valence-corrected chi connectivity index (χ1v) is 26.8. The number of aromatic nitrogens is 4. The Labute approximate surface area is 508 Å². The van der Waals surface area contributed by atoms with Crippen molar-refractivity contribution in [3.05, 3.63) is 249 Å². The summed E-state index contributed by atoms with van der Waals surface area (Å²) in [5.41, 5.74) is 12.0. The van der Waals surface area contributed by atoms with Crippen molar-refractivity contribution < 1.29 is 49.0 Å². The molecule has 4 aliphatic heterocycles. The molecule has 10 nitrogen and oxygen atoms in total. The van der Waals surface area contributed by atoms with Crippen LogP contribution in [0, 0.1) is 18.8 Å². The zero-order valence-corrected chi connectivity index (χ0v) is 46.7. The molecule has 0 N–H and O–H groups in total. The molecular formula is C71H47BN7O3Pt-3. The molecule has 10 aromatic carbocycles. The maximum absolute atomic E-state index is 9.12. The minimum absolute atomic E-state index is 0. The summed E-state index contributed by atoms with van der Waals surface area (Å²) in [4.78, 5) is 16.3. The first kappa shape index (κ1) is 39.5. The molecule has 0 bridgehead atoms. The summed E-state index contributed by atoms with van der Waals surface area (Å²) in [5, 5.41) is 0. The average molecular weight is 1260 g/mol. The molecule has 13 aromatic rings. The number of rotatable bonds is 8. The van der Waals surface area contributed by atoms with Gasteiger partial charge in [0, 0.05) is 89.5 Å². The van der Waals surface area contributed by atoms with Crippen LogP contribution < -0.4 is 45.3 Å². The van der Waals surface area contributed by atoms with E-state index in [4.69, 9.17) is 37.9 Å². The smallest absolute Gasteiger partial charge is 0.266 e. The molecule has 400 valence electrons. The normalized spacial score (nSPS) is 15.1. The van der Waals surface area contributed by atoms with E-state index in [1.165, 1.54) is 0 Å². The number of ether oxygens (including phenoxy) is 3. The summed E-state index contributed by atoms with van der Waals surface area (Å²) in [6.45, 7) is 8.16. The summed E-state index contributed by atoms with van der Waals surface area (Å²) in [5.74, 6) is 5.17. The Morgan fingerprint density at radius 2 is 1.17 bits per heavy atom. The second kappa shape index (κ2) is 18.6. The number of hydrogen-bond donors (Lipinski definition) is 0. The van der Waals surface area contributed by atoms with Crippen LogP contribution in [0.4, 0.5) is 39.8 Å². The van der Waals surface area contributed by atoms with Crippen molar-refractivity contribution in [1.29, 1.82) is 0 Å². The van der Waals surface area contributed by atoms with Crippen molar-refractivity contribution in [2.45, 2.75) is 26.2 Å². The number of fused-ring (bicyclic) bond motifs is 6. The molecule has 12 heteroatoms. The summed E-state index contributed by atoms with van der Waals surface area (Å²) in [7, 11) is 0. The van der Waals surface area contributed by atoms with Gasteiger partial charge in [0.05, 0.1) is 24.7 Å². The van der Waals surface area contributed by atoms with Crippen LogP contribution in [0.25, 0.3) is 55.9 Å². The van der Waals surface area contributed by atoms with Crippen LogP contribution in [-0.4, -0.2) is 25.6 Å². The molecule has 0 unspecified atom stereocenters. The van der Waals surface area contributed by atoms with Crippen LogP contribution in [0.15, 0.2) is 224 Å². The number of anilines is 7. The molecule has 0 aliphatic carbocycles. The second-order valence-electron chi connectivity index (χ2n) is 21.5. The van der Waals surface area contributed by atoms with Gasteiger partial charge in [0.1, 0.15) is 28.8 Å². The largest absolute Gasteiger partial charge is 0.509 e. The molecule has 83 heavy (non-hydrogen) atoms. The van der Waals surface area contributed by atoms with Crippen molar-refractivity contribution in [3.63, 3.8) is 0 Å². The topological polar surface area (TPSA) is 72.5 Å². The standard InChI is InChI=1S/C71H47BN7O3.Pt/c1-71(2,3)46-37-38-73-65(39-46)79-60-42-50(80-49-22-12-21-47(40-49)75-43-76(56-26-11-10-25-55(56)75)69-51(44-17-6-4-7-18-44)23-13-24-52(69)45-19-8-5-9-20-45)34-36-57(60)78-54-35-33-48(41-53(54)74-70(78)79)77-58-27-14-29-61-66(58)72-67-59(77)28-15-30-62(67)82-64-32-16-31-63(81-61)68(64)72;/h4-39,41,43H,1-3H3;/q-3;/i4D,5D,6D,7D,8D,9D,17D,18D,19D,20D;. The summed E-state index contributed by atoms with van der Waals surface area (Å²) < 4.78 is 112. The zero-order chi connectivity index (χ0) is 63.1. The van der Waals surface area contributed by atoms with E-state index in [0.717, 1.165) is 78.6 Å². The van der Waals surface area contributed by atoms with Crippen LogP contribution in [0.2, 0.25) is 0 Å². The number of nitrogens with zero attached hydrogens (tertiary/aromatic N) is 7. The molecular weight excluding hydrogens is 1200 g/mol. The van der Waals surface area contributed by atoms with Gasteiger partial charge in [-0.05, 0) is 123 Å². The SMILES string of the molecule is [2H]c1c([2H])c([2H])c(-c2cccc(-c3c([2H])c([2H])c([2H])c([2H])c3[2H])c2N2[CH-]N(c3[c-]c(Oc4[c-]c5c(cc4)n4c6ccc(N7c8cccc9c8B8c%10c(cccc%10Oc%10cccc7c%108)O9)cc6nc4n5-c4cc(C(C)(C)C)ccn4)ccc3)c3ccccc32)c([2H])c1[2H].[Pt]. The van der Waals surface area contributed by atoms with E-state index in [1.54, 1.807) is 35.8 Å². The maximum Gasteiger partial charge on any atom is 0.266 e. The molecule has 0 saturated carbocycles. The third kappa shape index (κ3) is 7.54. The molecule has 4 aliphatic rings. The molecule has 17 rings (SSSR count). The van der Waals surface area contributed by atoms with Gasteiger partial charge in [-0.25, -0.2) is 9.97 Å². The fourth-order valence-electron chi connectivity index (χ4n) is 12.3. The van der Waals surface area contributed by atoms with E-state index in [-0.39, 0.29) is 61.1 Å². The number of hydrogen-bond acceptors (Lipinski definition) is 8. The fourth-order valence-corrected chi connectivity index (χ4v) is 12.3. The first-order chi connectivity index (χ1) is 44.4. The third-order valence-corrected chi connectivity index (χ3v) is 15.8. The third-order valence-electron chi connectivity index (χ3n) is 15.8. The van der Waals surface area contributed by atoms with Crippen molar-refractivity contribution in [3.8, 4) is 62.6 Å². The number of benzene rings is 10. The van der Waals surface area contributed by atoms with Crippen molar-refractivity contribution in [2.24, 2.45) is 0 Å². The van der Waals surface area contributed by atoms with Gasteiger partial charge in [-0.1, -0.05) is 130 Å². The number of pyridine rings is 1.